The van der Waals surface area contributed by atoms with Crippen molar-refractivity contribution in [2.45, 2.75) is 19.3 Å². The van der Waals surface area contributed by atoms with E-state index in [0.717, 1.165) is 0 Å². The minimum atomic E-state index is -0.938. The maximum atomic E-state index is 12.0. The lowest BCUT2D eigenvalue weighted by Crippen LogP contribution is -2.51. The molecule has 1 heterocycles. The zero-order valence-corrected chi connectivity index (χ0v) is 9.93. The van der Waals surface area contributed by atoms with Crippen molar-refractivity contribution < 1.29 is 19.1 Å². The predicted octanol–water partition coefficient (Wildman–Crippen LogP) is 0.501. The van der Waals surface area contributed by atoms with Crippen molar-refractivity contribution in [1.82, 2.24) is 4.90 Å². The van der Waals surface area contributed by atoms with Crippen LogP contribution >= 0.6 is 0 Å². The Labute approximate surface area is 99.4 Å². The highest BCUT2D eigenvalue weighted by Gasteiger charge is 2.53. The summed E-state index contributed by atoms with van der Waals surface area (Å²) in [4.78, 5) is 36.9. The zero-order valence-electron chi connectivity index (χ0n) is 9.93. The Bertz CT molecular complexity index is 415. The number of fused-ring (bicyclic) bond motifs is 1. The van der Waals surface area contributed by atoms with Gasteiger partial charge in [-0.2, -0.15) is 0 Å². The normalized spacial score (nSPS) is 32.4. The van der Waals surface area contributed by atoms with Crippen LogP contribution < -0.4 is 0 Å². The molecule has 0 unspecified atom stereocenters. The number of Topliss-reactive ketones (excluding diaryl/α,β-unsaturated/α-hetero) is 1. The lowest BCUT2D eigenvalue weighted by molar-refractivity contribution is -0.163. The van der Waals surface area contributed by atoms with E-state index in [1.165, 1.54) is 12.0 Å². The van der Waals surface area contributed by atoms with E-state index in [-0.39, 0.29) is 18.1 Å². The number of esters is 1. The number of nitrogens with zero attached hydrogens (tertiary/aromatic N) is 1. The molecule has 5 nitrogen and oxygen atoms in total. The molecule has 5 heteroatoms. The lowest BCUT2D eigenvalue weighted by atomic mass is 9.64. The molecule has 1 aliphatic carbocycles. The molecule has 92 valence electrons. The number of carbonyl (C=O) groups is 3. The molecule has 0 aromatic heterocycles. The largest absolute Gasteiger partial charge is 0.468 e. The van der Waals surface area contributed by atoms with E-state index < -0.39 is 17.3 Å². The molecule has 1 fully saturated rings. The molecule has 2 atom stereocenters. The van der Waals surface area contributed by atoms with Crippen LogP contribution in [0.1, 0.15) is 19.3 Å². The van der Waals surface area contributed by atoms with Crippen LogP contribution in [0.2, 0.25) is 0 Å². The Morgan fingerprint density at radius 3 is 2.88 bits per heavy atom. The van der Waals surface area contributed by atoms with Gasteiger partial charge in [0.2, 0.25) is 5.91 Å². The van der Waals surface area contributed by atoms with Crippen molar-refractivity contribution in [3.63, 3.8) is 0 Å². The molecule has 0 bridgehead atoms. The summed E-state index contributed by atoms with van der Waals surface area (Å²) in [5.41, 5.74) is -0.938. The fourth-order valence-electron chi connectivity index (χ4n) is 2.61. The highest BCUT2D eigenvalue weighted by atomic mass is 16.5. The van der Waals surface area contributed by atoms with Gasteiger partial charge in [-0.25, -0.2) is 0 Å². The molecule has 0 saturated heterocycles. The Kier molecular flexibility index (Phi) is 2.77. The second-order valence-corrected chi connectivity index (χ2v) is 4.59. The minimum absolute atomic E-state index is 0.0339. The summed E-state index contributed by atoms with van der Waals surface area (Å²) in [5, 5.41) is 0. The van der Waals surface area contributed by atoms with Crippen molar-refractivity contribution in [3.8, 4) is 0 Å². The monoisotopic (exact) mass is 237 g/mol. The Hall–Kier alpha value is -1.65. The fraction of sp³-hybridized carbons (Fsp3) is 0.583. The Balaban J connectivity index is 2.45. The molecular formula is C12H15NO4. The number of methoxy groups -OCH3 is 1. The molecule has 0 N–H and O–H groups in total. The molecule has 2 aliphatic rings. The number of rotatable bonds is 1. The first kappa shape index (κ1) is 11.8. The predicted molar refractivity (Wildman–Crippen MR) is 58.7 cm³/mol. The van der Waals surface area contributed by atoms with Gasteiger partial charge in [-0.15, -0.1) is 0 Å². The third-order valence-corrected chi connectivity index (χ3v) is 3.68. The Morgan fingerprint density at radius 2 is 2.24 bits per heavy atom. The second kappa shape index (κ2) is 3.98. The molecule has 0 radical (unpaired) electrons. The van der Waals surface area contributed by atoms with Crippen LogP contribution in [0.25, 0.3) is 0 Å². The minimum Gasteiger partial charge on any atom is -0.468 e. The molecule has 2 rings (SSSR count). The van der Waals surface area contributed by atoms with Crippen LogP contribution in [0.3, 0.4) is 0 Å². The van der Waals surface area contributed by atoms with E-state index in [0.29, 0.717) is 12.8 Å². The molecule has 1 aliphatic heterocycles. The molecule has 17 heavy (non-hydrogen) atoms. The van der Waals surface area contributed by atoms with Crippen LogP contribution in [0, 0.1) is 11.3 Å². The summed E-state index contributed by atoms with van der Waals surface area (Å²) in [5.74, 6) is -1.18. The first-order chi connectivity index (χ1) is 8.01. The lowest BCUT2D eigenvalue weighted by Gasteiger charge is -2.42. The molecular weight excluding hydrogens is 222 g/mol. The van der Waals surface area contributed by atoms with Crippen LogP contribution in [-0.4, -0.2) is 36.7 Å². The molecule has 1 saturated carbocycles. The molecule has 0 aromatic carbocycles. The van der Waals surface area contributed by atoms with Gasteiger partial charge in [0, 0.05) is 26.1 Å². The van der Waals surface area contributed by atoms with Gasteiger partial charge in [-0.3, -0.25) is 14.4 Å². The van der Waals surface area contributed by atoms with Crippen molar-refractivity contribution in [1.29, 1.82) is 0 Å². The number of amides is 1. The van der Waals surface area contributed by atoms with Gasteiger partial charge >= 0.3 is 5.97 Å². The third-order valence-electron chi connectivity index (χ3n) is 3.68. The van der Waals surface area contributed by atoms with E-state index in [1.54, 1.807) is 19.3 Å². The second-order valence-electron chi connectivity index (χ2n) is 4.59. The van der Waals surface area contributed by atoms with Gasteiger partial charge in [-0.05, 0) is 6.42 Å². The highest BCUT2D eigenvalue weighted by Crippen LogP contribution is 2.45. The van der Waals surface area contributed by atoms with Gasteiger partial charge in [-0.1, -0.05) is 6.08 Å². The van der Waals surface area contributed by atoms with E-state index in [4.69, 9.17) is 4.74 Å². The van der Waals surface area contributed by atoms with E-state index in [9.17, 15) is 14.4 Å². The van der Waals surface area contributed by atoms with Crippen LogP contribution in [0.15, 0.2) is 12.3 Å². The number of carbonyl (C=O) groups excluding carboxylic acids is 3. The summed E-state index contributed by atoms with van der Waals surface area (Å²) in [7, 11) is 2.93. The van der Waals surface area contributed by atoms with Crippen LogP contribution in [-0.2, 0) is 19.1 Å². The van der Waals surface area contributed by atoms with Crippen molar-refractivity contribution in [2.24, 2.45) is 11.3 Å². The SMILES string of the molecule is COC(=O)[C@@]12C=CN(C)C(=O)[C@@H]1CC(=O)CC2. The maximum absolute atomic E-state index is 12.0. The van der Waals surface area contributed by atoms with E-state index in [2.05, 4.69) is 0 Å². The smallest absolute Gasteiger partial charge is 0.316 e. The number of ether oxygens (including phenoxy) is 1. The van der Waals surface area contributed by atoms with Crippen LogP contribution in [0.5, 0.6) is 0 Å². The van der Waals surface area contributed by atoms with Crippen molar-refractivity contribution in [2.75, 3.05) is 14.2 Å². The zero-order chi connectivity index (χ0) is 12.6. The number of ketones is 1. The fourth-order valence-corrected chi connectivity index (χ4v) is 2.61. The average Bonchev–Trinajstić information content (AvgIpc) is 2.34. The molecule has 0 spiro atoms. The van der Waals surface area contributed by atoms with Crippen LogP contribution in [0.4, 0.5) is 0 Å². The first-order valence-electron chi connectivity index (χ1n) is 5.57. The molecule has 0 aromatic rings. The number of hydrogen-bond acceptors (Lipinski definition) is 4. The highest BCUT2D eigenvalue weighted by molar-refractivity contribution is 5.97. The summed E-state index contributed by atoms with van der Waals surface area (Å²) in [6.07, 6.45) is 4.11. The summed E-state index contributed by atoms with van der Waals surface area (Å²) >= 11 is 0. The quantitative estimate of drug-likeness (QED) is 0.623. The maximum Gasteiger partial charge on any atom is 0.316 e. The van der Waals surface area contributed by atoms with Gasteiger partial charge in [0.1, 0.15) is 11.2 Å². The van der Waals surface area contributed by atoms with E-state index in [1.807, 2.05) is 0 Å². The van der Waals surface area contributed by atoms with Crippen molar-refractivity contribution >= 4 is 17.7 Å². The van der Waals surface area contributed by atoms with Crippen molar-refractivity contribution in [3.05, 3.63) is 12.3 Å². The standard InChI is InChI=1S/C12H15NO4/c1-13-6-5-12(11(16)17-2)4-3-8(14)7-9(12)10(13)15/h5-6,9H,3-4,7H2,1-2H3/t9-,12-/m0/s1. The van der Waals surface area contributed by atoms with E-state index >= 15 is 0 Å². The number of hydrogen-bond donors (Lipinski definition) is 0. The van der Waals surface area contributed by atoms with Gasteiger partial charge in [0.25, 0.3) is 0 Å². The van der Waals surface area contributed by atoms with Gasteiger partial charge in [0.15, 0.2) is 0 Å². The topological polar surface area (TPSA) is 63.7 Å². The Morgan fingerprint density at radius 1 is 1.53 bits per heavy atom. The first-order valence-corrected chi connectivity index (χ1v) is 5.57. The molecule has 1 amide bonds. The average molecular weight is 237 g/mol. The van der Waals surface area contributed by atoms with Gasteiger partial charge < -0.3 is 9.64 Å². The summed E-state index contributed by atoms with van der Waals surface area (Å²) in [6.45, 7) is 0. The summed E-state index contributed by atoms with van der Waals surface area (Å²) < 4.78 is 4.80. The summed E-state index contributed by atoms with van der Waals surface area (Å²) in [6, 6.07) is 0. The van der Waals surface area contributed by atoms with Gasteiger partial charge in [0.05, 0.1) is 13.0 Å². The third kappa shape index (κ3) is 1.66.